The molecular weight excluding hydrogens is 350 g/mol. The number of carbonyl (C=O) groups is 1. The van der Waals surface area contributed by atoms with Crippen LogP contribution in [-0.2, 0) is 30.2 Å². The van der Waals surface area contributed by atoms with Gasteiger partial charge in [-0.25, -0.2) is 9.78 Å². The van der Waals surface area contributed by atoms with E-state index in [0.29, 0.717) is 18.0 Å². The summed E-state index contributed by atoms with van der Waals surface area (Å²) in [6, 6.07) is -0.550. The van der Waals surface area contributed by atoms with Gasteiger partial charge in [-0.05, 0) is 27.7 Å². The highest BCUT2D eigenvalue weighted by Crippen LogP contribution is 2.21. The fourth-order valence-electron chi connectivity index (χ4n) is 3.78. The van der Waals surface area contributed by atoms with Gasteiger partial charge in [-0.15, -0.1) is 0 Å². The van der Waals surface area contributed by atoms with Gasteiger partial charge >= 0.3 is 5.69 Å². The fraction of sp³-hybridized carbons (Fsp3) is 0.667. The fourth-order valence-corrected chi connectivity index (χ4v) is 3.78. The average Bonchev–Trinajstić information content (AvgIpc) is 2.95. The summed E-state index contributed by atoms with van der Waals surface area (Å²) in [4.78, 5) is 44.0. The van der Waals surface area contributed by atoms with Crippen LogP contribution in [0.1, 0.15) is 39.6 Å². The van der Waals surface area contributed by atoms with Gasteiger partial charge in [-0.3, -0.25) is 23.6 Å². The van der Waals surface area contributed by atoms with Gasteiger partial charge in [-0.2, -0.15) is 0 Å². The Morgan fingerprint density at radius 1 is 1.19 bits per heavy atom. The molecule has 9 heteroatoms. The minimum absolute atomic E-state index is 0.0739. The summed E-state index contributed by atoms with van der Waals surface area (Å²) < 4.78 is 9.87. The number of imidazole rings is 1. The summed E-state index contributed by atoms with van der Waals surface area (Å²) in [6.45, 7) is 9.22. The van der Waals surface area contributed by atoms with E-state index in [2.05, 4.69) is 9.88 Å². The van der Waals surface area contributed by atoms with Gasteiger partial charge in [0.25, 0.3) is 5.56 Å². The third-order valence-electron chi connectivity index (χ3n) is 5.20. The minimum atomic E-state index is -0.550. The molecule has 1 saturated heterocycles. The number of hydrogen-bond donors (Lipinski definition) is 0. The maximum atomic E-state index is 12.8. The van der Waals surface area contributed by atoms with E-state index in [4.69, 9.17) is 4.74 Å². The number of Topliss-reactive ketones (excluding diaryl/α,β-unsaturated/α-hetero) is 1. The van der Waals surface area contributed by atoms with Crippen molar-refractivity contribution in [2.24, 2.45) is 14.1 Å². The van der Waals surface area contributed by atoms with Crippen LogP contribution in [0.15, 0.2) is 9.59 Å². The van der Waals surface area contributed by atoms with Crippen LogP contribution >= 0.6 is 0 Å². The molecule has 2 aromatic rings. The molecule has 0 spiro atoms. The highest BCUT2D eigenvalue weighted by molar-refractivity contribution is 5.82. The second-order valence-corrected chi connectivity index (χ2v) is 7.51. The molecule has 1 fully saturated rings. The van der Waals surface area contributed by atoms with E-state index in [1.54, 1.807) is 18.5 Å². The third kappa shape index (κ3) is 3.37. The number of aromatic nitrogens is 4. The molecule has 148 valence electrons. The molecule has 0 unspecified atom stereocenters. The zero-order chi connectivity index (χ0) is 20.0. The van der Waals surface area contributed by atoms with E-state index in [0.717, 1.165) is 17.7 Å². The summed E-state index contributed by atoms with van der Waals surface area (Å²) in [5.41, 5.74) is -0.288. The van der Waals surface area contributed by atoms with Crippen molar-refractivity contribution in [2.75, 3.05) is 13.1 Å². The van der Waals surface area contributed by atoms with E-state index in [-0.39, 0.29) is 23.5 Å². The molecule has 1 aliphatic heterocycles. The Balaban J connectivity index is 2.20. The highest BCUT2D eigenvalue weighted by atomic mass is 16.5. The zero-order valence-electron chi connectivity index (χ0n) is 16.7. The first-order valence-corrected chi connectivity index (χ1v) is 9.16. The lowest BCUT2D eigenvalue weighted by Gasteiger charge is -2.35. The van der Waals surface area contributed by atoms with Gasteiger partial charge in [0, 0.05) is 27.2 Å². The first kappa shape index (κ1) is 19.5. The van der Waals surface area contributed by atoms with Crippen molar-refractivity contribution in [2.45, 2.75) is 52.5 Å². The number of nitrogens with zero attached hydrogens (tertiary/aromatic N) is 5. The quantitative estimate of drug-likeness (QED) is 0.756. The molecule has 0 amide bonds. The number of ether oxygens (including phenoxy) is 1. The summed E-state index contributed by atoms with van der Waals surface area (Å²) in [6.07, 6.45) is 0.183. The SMILES string of the molecule is CC(=O)[C@@H](C)n1c(CN2C[C@@H](C)O[C@@H](C)C2)nc2c1c(=O)n(C)c(=O)n2C. The number of morpholine rings is 1. The second-order valence-electron chi connectivity index (χ2n) is 7.51. The molecule has 3 rings (SSSR count). The number of rotatable bonds is 4. The molecule has 9 nitrogen and oxygen atoms in total. The Kier molecular flexibility index (Phi) is 5.09. The van der Waals surface area contributed by atoms with Gasteiger partial charge in [0.1, 0.15) is 5.82 Å². The van der Waals surface area contributed by atoms with Crippen LogP contribution in [0.25, 0.3) is 11.2 Å². The maximum absolute atomic E-state index is 12.8. The van der Waals surface area contributed by atoms with Gasteiger partial charge in [0.2, 0.25) is 0 Å². The Morgan fingerprint density at radius 2 is 1.78 bits per heavy atom. The molecule has 0 saturated carbocycles. The maximum Gasteiger partial charge on any atom is 0.332 e. The van der Waals surface area contributed by atoms with Crippen LogP contribution < -0.4 is 11.2 Å². The molecule has 0 radical (unpaired) electrons. The molecule has 2 aromatic heterocycles. The summed E-state index contributed by atoms with van der Waals surface area (Å²) in [7, 11) is 3.02. The van der Waals surface area contributed by atoms with Crippen molar-refractivity contribution in [1.82, 2.24) is 23.6 Å². The first-order valence-electron chi connectivity index (χ1n) is 9.16. The molecule has 1 aliphatic rings. The molecule has 3 heterocycles. The summed E-state index contributed by atoms with van der Waals surface area (Å²) in [5, 5.41) is 0. The first-order chi connectivity index (χ1) is 12.6. The number of aryl methyl sites for hydroxylation is 1. The van der Waals surface area contributed by atoms with Gasteiger partial charge in [0.15, 0.2) is 16.9 Å². The van der Waals surface area contributed by atoms with E-state index < -0.39 is 17.3 Å². The smallest absolute Gasteiger partial charge is 0.332 e. The number of fused-ring (bicyclic) bond motifs is 1. The molecule has 0 N–H and O–H groups in total. The largest absolute Gasteiger partial charge is 0.373 e. The zero-order valence-corrected chi connectivity index (χ0v) is 16.7. The summed E-state index contributed by atoms with van der Waals surface area (Å²) in [5.74, 6) is 0.530. The topological polar surface area (TPSA) is 91.4 Å². The third-order valence-corrected chi connectivity index (χ3v) is 5.20. The molecule has 0 aliphatic carbocycles. The van der Waals surface area contributed by atoms with E-state index >= 15 is 0 Å². The van der Waals surface area contributed by atoms with Crippen LogP contribution in [0.3, 0.4) is 0 Å². The lowest BCUT2D eigenvalue weighted by molar-refractivity contribution is -0.119. The standard InChI is InChI=1S/C18H27N5O4/c1-10-7-22(8-11(2)27-10)9-14-19-16-15(23(14)12(3)13(4)24)17(25)21(6)18(26)20(16)5/h10-12H,7-9H2,1-6H3/t10-,11+,12-/m1/s1. The van der Waals surface area contributed by atoms with E-state index in [1.165, 1.54) is 18.5 Å². The second kappa shape index (κ2) is 7.05. The van der Waals surface area contributed by atoms with Gasteiger partial charge in [-0.1, -0.05) is 0 Å². The van der Waals surface area contributed by atoms with Crippen LogP contribution in [0.4, 0.5) is 0 Å². The number of ketones is 1. The lowest BCUT2D eigenvalue weighted by Crippen LogP contribution is -2.45. The van der Waals surface area contributed by atoms with E-state index in [1.807, 2.05) is 13.8 Å². The van der Waals surface area contributed by atoms with Gasteiger partial charge < -0.3 is 9.30 Å². The Bertz CT molecular complexity index is 992. The van der Waals surface area contributed by atoms with Crippen molar-refractivity contribution >= 4 is 16.9 Å². The van der Waals surface area contributed by atoms with E-state index in [9.17, 15) is 14.4 Å². The Labute approximate surface area is 157 Å². The predicted octanol–water partition coefficient (Wildman–Crippen LogP) is 0.193. The molecular formula is C18H27N5O4. The van der Waals surface area contributed by atoms with Crippen LogP contribution in [0.2, 0.25) is 0 Å². The van der Waals surface area contributed by atoms with Crippen molar-refractivity contribution in [3.8, 4) is 0 Å². The van der Waals surface area contributed by atoms with Crippen LogP contribution in [0, 0.1) is 0 Å². The van der Waals surface area contributed by atoms with Crippen LogP contribution in [-0.4, -0.2) is 54.7 Å². The van der Waals surface area contributed by atoms with Crippen molar-refractivity contribution in [3.63, 3.8) is 0 Å². The molecule has 0 bridgehead atoms. The Hall–Kier alpha value is -2.26. The molecule has 27 heavy (non-hydrogen) atoms. The monoisotopic (exact) mass is 377 g/mol. The van der Waals surface area contributed by atoms with Crippen molar-refractivity contribution in [3.05, 3.63) is 26.7 Å². The number of carbonyl (C=O) groups excluding carboxylic acids is 1. The van der Waals surface area contributed by atoms with Crippen molar-refractivity contribution in [1.29, 1.82) is 0 Å². The summed E-state index contributed by atoms with van der Waals surface area (Å²) >= 11 is 0. The molecule has 3 atom stereocenters. The van der Waals surface area contributed by atoms with Crippen molar-refractivity contribution < 1.29 is 9.53 Å². The molecule has 0 aromatic carbocycles. The average molecular weight is 377 g/mol. The Morgan fingerprint density at radius 3 is 2.33 bits per heavy atom. The lowest BCUT2D eigenvalue weighted by atomic mass is 10.2. The van der Waals surface area contributed by atoms with Gasteiger partial charge in [0.05, 0.1) is 24.8 Å². The predicted molar refractivity (Wildman–Crippen MR) is 101 cm³/mol. The highest BCUT2D eigenvalue weighted by Gasteiger charge is 2.28. The minimum Gasteiger partial charge on any atom is -0.373 e. The normalized spacial score (nSPS) is 22.3. The van der Waals surface area contributed by atoms with Crippen LogP contribution in [0.5, 0.6) is 0 Å². The number of hydrogen-bond acceptors (Lipinski definition) is 6.